The van der Waals surface area contributed by atoms with Crippen LogP contribution in [0.1, 0.15) is 41.5 Å². The smallest absolute Gasteiger partial charge is 0.349 e. The van der Waals surface area contributed by atoms with Gasteiger partial charge in [-0.05, 0) is 45.8 Å². The zero-order chi connectivity index (χ0) is 16.2. The van der Waals surface area contributed by atoms with Gasteiger partial charge in [-0.3, -0.25) is 0 Å². The number of ether oxygens (including phenoxy) is 1. The number of allylic oxidation sites excluding steroid dienone is 5. The molecule has 0 spiro atoms. The molecule has 0 aromatic heterocycles. The van der Waals surface area contributed by atoms with Crippen LogP contribution >= 0.6 is 0 Å². The van der Waals surface area contributed by atoms with Gasteiger partial charge in [0.25, 0.3) is 0 Å². The fourth-order valence-electron chi connectivity index (χ4n) is 2.41. The lowest BCUT2D eigenvalue weighted by atomic mass is 10.0. The minimum Gasteiger partial charge on any atom is -0.461 e. The molecule has 0 saturated heterocycles. The second-order valence-electron chi connectivity index (χ2n) is 5.97. The van der Waals surface area contributed by atoms with Crippen LogP contribution < -0.4 is 0 Å². The lowest BCUT2D eigenvalue weighted by Crippen LogP contribution is -2.29. The lowest BCUT2D eigenvalue weighted by Gasteiger charge is -2.33. The van der Waals surface area contributed by atoms with Crippen LogP contribution in [-0.2, 0) is 9.53 Å². The molecule has 21 heavy (non-hydrogen) atoms. The summed E-state index contributed by atoms with van der Waals surface area (Å²) >= 11 is 0. The van der Waals surface area contributed by atoms with E-state index in [0.717, 1.165) is 11.4 Å². The monoisotopic (exact) mass is 288 g/mol. The van der Waals surface area contributed by atoms with Gasteiger partial charge in [-0.25, -0.2) is 4.79 Å². The molecular formula is C17H24N2O2. The van der Waals surface area contributed by atoms with Crippen LogP contribution in [0.25, 0.3) is 0 Å². The zero-order valence-electron chi connectivity index (χ0n) is 13.7. The number of carbonyl (C=O) groups excluding carboxylic acids is 1. The first-order valence-electron chi connectivity index (χ1n) is 7.25. The minimum atomic E-state index is -0.549. The highest BCUT2D eigenvalue weighted by Gasteiger charge is 2.21. The number of nitriles is 1. The highest BCUT2D eigenvalue weighted by molar-refractivity contribution is 5.95. The van der Waals surface area contributed by atoms with Crippen LogP contribution in [0.15, 0.2) is 34.7 Å². The van der Waals surface area contributed by atoms with E-state index in [1.807, 2.05) is 45.9 Å². The topological polar surface area (TPSA) is 53.3 Å². The van der Waals surface area contributed by atoms with E-state index in [4.69, 9.17) is 4.74 Å². The molecule has 0 bridgehead atoms. The van der Waals surface area contributed by atoms with Crippen LogP contribution in [0.5, 0.6) is 0 Å². The molecular weight excluding hydrogens is 264 g/mol. The Kier molecular flexibility index (Phi) is 5.78. The molecule has 0 N–H and O–H groups in total. The van der Waals surface area contributed by atoms with E-state index in [9.17, 15) is 10.1 Å². The van der Waals surface area contributed by atoms with Crippen molar-refractivity contribution < 1.29 is 9.53 Å². The third-order valence-electron chi connectivity index (χ3n) is 3.16. The first kappa shape index (κ1) is 17.0. The van der Waals surface area contributed by atoms with Crippen LogP contribution in [0, 0.1) is 17.2 Å². The van der Waals surface area contributed by atoms with Crippen LogP contribution in [0.2, 0.25) is 0 Å². The molecule has 1 heterocycles. The quantitative estimate of drug-likeness (QED) is 0.451. The Morgan fingerprint density at radius 3 is 2.14 bits per heavy atom. The third-order valence-corrected chi connectivity index (χ3v) is 3.16. The number of nitrogens with zero attached hydrogens (tertiary/aromatic N) is 2. The van der Waals surface area contributed by atoms with Crippen LogP contribution in [-0.4, -0.2) is 23.5 Å². The van der Waals surface area contributed by atoms with Gasteiger partial charge >= 0.3 is 5.97 Å². The minimum absolute atomic E-state index is 0.0674. The van der Waals surface area contributed by atoms with Gasteiger partial charge in [0.2, 0.25) is 0 Å². The Bertz CT molecular complexity index is 524. The molecule has 0 atom stereocenters. The number of esters is 1. The van der Waals surface area contributed by atoms with Crippen molar-refractivity contribution in [1.29, 1.82) is 5.26 Å². The average molecular weight is 288 g/mol. The molecule has 1 aliphatic rings. The van der Waals surface area contributed by atoms with Gasteiger partial charge in [0.1, 0.15) is 11.6 Å². The fourth-order valence-corrected chi connectivity index (χ4v) is 2.41. The van der Waals surface area contributed by atoms with Gasteiger partial charge < -0.3 is 9.64 Å². The molecule has 0 aromatic carbocycles. The van der Waals surface area contributed by atoms with E-state index in [-0.39, 0.29) is 11.5 Å². The van der Waals surface area contributed by atoms with Gasteiger partial charge in [-0.15, -0.1) is 0 Å². The molecule has 1 rings (SSSR count). The Hall–Kier alpha value is -2.02. The molecule has 0 aromatic rings. The first-order valence-corrected chi connectivity index (χ1v) is 7.25. The number of carbonyl (C=O) groups is 1. The largest absolute Gasteiger partial charge is 0.461 e. The molecule has 0 radical (unpaired) electrons. The highest BCUT2D eigenvalue weighted by Crippen LogP contribution is 2.26. The fraction of sp³-hybridized carbons (Fsp3) is 0.529. The van der Waals surface area contributed by atoms with Crippen LogP contribution in [0.3, 0.4) is 0 Å². The van der Waals surface area contributed by atoms with Crippen molar-refractivity contribution >= 4 is 5.97 Å². The normalized spacial score (nSPS) is 14.8. The molecule has 0 amide bonds. The summed E-state index contributed by atoms with van der Waals surface area (Å²) in [6.07, 6.45) is 3.73. The maximum Gasteiger partial charge on any atom is 0.349 e. The Morgan fingerprint density at radius 1 is 1.24 bits per heavy atom. The molecule has 4 heteroatoms. The van der Waals surface area contributed by atoms with Gasteiger partial charge in [0, 0.05) is 23.0 Å². The molecule has 1 aliphatic heterocycles. The predicted molar refractivity (Wildman–Crippen MR) is 82.9 cm³/mol. The summed E-state index contributed by atoms with van der Waals surface area (Å²) in [5.41, 5.74) is 2.73. The van der Waals surface area contributed by atoms with Crippen molar-refractivity contribution in [3.05, 3.63) is 34.7 Å². The zero-order valence-corrected chi connectivity index (χ0v) is 13.7. The average Bonchev–Trinajstić information content (AvgIpc) is 2.35. The molecule has 114 valence electrons. The highest BCUT2D eigenvalue weighted by atomic mass is 16.5. The maximum absolute atomic E-state index is 12.0. The van der Waals surface area contributed by atoms with Crippen molar-refractivity contribution in [3.63, 3.8) is 0 Å². The summed E-state index contributed by atoms with van der Waals surface area (Å²) in [7, 11) is 0. The molecule has 0 unspecified atom stereocenters. The van der Waals surface area contributed by atoms with Crippen molar-refractivity contribution in [2.45, 2.75) is 47.6 Å². The van der Waals surface area contributed by atoms with Crippen LogP contribution in [0.4, 0.5) is 0 Å². The van der Waals surface area contributed by atoms with E-state index in [0.29, 0.717) is 18.2 Å². The van der Waals surface area contributed by atoms with Crippen molar-refractivity contribution in [2.24, 2.45) is 5.92 Å². The second kappa shape index (κ2) is 7.12. The lowest BCUT2D eigenvalue weighted by molar-refractivity contribution is -0.139. The number of hydrogen-bond donors (Lipinski definition) is 0. The first-order chi connectivity index (χ1) is 9.77. The Labute approximate surface area is 127 Å². The maximum atomic E-state index is 12.0. The summed E-state index contributed by atoms with van der Waals surface area (Å²) in [6, 6.07) is 2.31. The van der Waals surface area contributed by atoms with Gasteiger partial charge in [0.05, 0.1) is 6.61 Å². The van der Waals surface area contributed by atoms with E-state index in [2.05, 4.69) is 18.7 Å². The number of hydrogen-bond acceptors (Lipinski definition) is 4. The van der Waals surface area contributed by atoms with E-state index < -0.39 is 5.97 Å². The number of rotatable bonds is 4. The Morgan fingerprint density at radius 2 is 1.76 bits per heavy atom. The van der Waals surface area contributed by atoms with E-state index in [1.54, 1.807) is 0 Å². The summed E-state index contributed by atoms with van der Waals surface area (Å²) in [6.45, 7) is 12.4. The Balaban J connectivity index is 3.11. The molecule has 0 saturated carbocycles. The third kappa shape index (κ3) is 4.22. The summed E-state index contributed by atoms with van der Waals surface area (Å²) in [5.74, 6) is -0.302. The van der Waals surface area contributed by atoms with Crippen molar-refractivity contribution in [3.8, 4) is 6.07 Å². The van der Waals surface area contributed by atoms with Gasteiger partial charge in [0.15, 0.2) is 0 Å². The summed E-state index contributed by atoms with van der Waals surface area (Å²) < 4.78 is 5.16. The van der Waals surface area contributed by atoms with Gasteiger partial charge in [-0.2, -0.15) is 5.26 Å². The summed E-state index contributed by atoms with van der Waals surface area (Å²) in [4.78, 5) is 14.2. The van der Waals surface area contributed by atoms with E-state index >= 15 is 0 Å². The second-order valence-corrected chi connectivity index (χ2v) is 5.97. The predicted octanol–water partition coefficient (Wildman–Crippen LogP) is 3.54. The standard InChI is InChI=1S/C17H24N2O2/c1-11(2)10-21-17(20)16(9-18)15-7-13(5)19(12(3)4)14(6)8-15/h7-8,11-12H,10H2,1-6H3. The van der Waals surface area contributed by atoms with Gasteiger partial charge in [-0.1, -0.05) is 13.8 Å². The SMILES string of the molecule is CC1=CC(=C(C#N)C(=O)OCC(C)C)C=C(C)N1C(C)C. The van der Waals surface area contributed by atoms with E-state index in [1.165, 1.54) is 0 Å². The summed E-state index contributed by atoms with van der Waals surface area (Å²) in [5, 5.41) is 9.28. The van der Waals surface area contributed by atoms with Crippen molar-refractivity contribution in [1.82, 2.24) is 4.90 Å². The molecule has 0 fully saturated rings. The van der Waals surface area contributed by atoms with Crippen molar-refractivity contribution in [2.75, 3.05) is 6.61 Å². The molecule has 4 nitrogen and oxygen atoms in total. The molecule has 0 aliphatic carbocycles.